The predicted molar refractivity (Wildman–Crippen MR) is 71.9 cm³/mol. The molecule has 0 amide bonds. The molecule has 0 aliphatic rings. The molecular formula is C15H17FN2. The monoisotopic (exact) mass is 244 g/mol. The third-order valence-electron chi connectivity index (χ3n) is 2.86. The quantitative estimate of drug-likeness (QED) is 0.769. The molecule has 0 unspecified atom stereocenters. The summed E-state index contributed by atoms with van der Waals surface area (Å²) in [4.78, 5) is 5.72. The highest BCUT2D eigenvalue weighted by Gasteiger charge is 2.00. The minimum absolute atomic E-state index is 0.441. The third-order valence-corrected chi connectivity index (χ3v) is 2.86. The van der Waals surface area contributed by atoms with E-state index in [0.717, 1.165) is 24.1 Å². The first-order valence-corrected chi connectivity index (χ1v) is 6.01. The standard InChI is InChI=1S/C15H17FN2/c1-18(2)10-8-12-3-5-13(6-4-12)14-7-9-17-15(16)11-14/h3-7,9,11H,8,10H2,1-2H3. The van der Waals surface area contributed by atoms with Gasteiger partial charge in [0.2, 0.25) is 5.95 Å². The van der Waals surface area contributed by atoms with Crippen molar-refractivity contribution >= 4 is 0 Å². The molecule has 2 aromatic rings. The van der Waals surface area contributed by atoms with E-state index in [-0.39, 0.29) is 0 Å². The van der Waals surface area contributed by atoms with Crippen LogP contribution in [0.25, 0.3) is 11.1 Å². The van der Waals surface area contributed by atoms with Crippen LogP contribution in [0.15, 0.2) is 42.6 Å². The second-order valence-corrected chi connectivity index (χ2v) is 4.62. The third kappa shape index (κ3) is 3.37. The number of pyridine rings is 1. The molecule has 1 aromatic carbocycles. The zero-order valence-electron chi connectivity index (χ0n) is 10.7. The number of rotatable bonds is 4. The Morgan fingerprint density at radius 1 is 1.06 bits per heavy atom. The number of nitrogens with zero attached hydrogens (tertiary/aromatic N) is 2. The van der Waals surface area contributed by atoms with Crippen molar-refractivity contribution in [3.63, 3.8) is 0 Å². The highest BCUT2D eigenvalue weighted by Crippen LogP contribution is 2.19. The van der Waals surface area contributed by atoms with Gasteiger partial charge in [-0.25, -0.2) is 4.98 Å². The summed E-state index contributed by atoms with van der Waals surface area (Å²) in [6.07, 6.45) is 2.52. The van der Waals surface area contributed by atoms with Crippen molar-refractivity contribution in [2.45, 2.75) is 6.42 Å². The van der Waals surface area contributed by atoms with Crippen molar-refractivity contribution in [2.24, 2.45) is 0 Å². The Morgan fingerprint density at radius 2 is 1.78 bits per heavy atom. The fourth-order valence-electron chi connectivity index (χ4n) is 1.80. The lowest BCUT2D eigenvalue weighted by Crippen LogP contribution is -2.14. The summed E-state index contributed by atoms with van der Waals surface area (Å²) in [5, 5.41) is 0. The number of hydrogen-bond donors (Lipinski definition) is 0. The predicted octanol–water partition coefficient (Wildman–Crippen LogP) is 2.99. The van der Waals surface area contributed by atoms with Gasteiger partial charge >= 0.3 is 0 Å². The van der Waals surface area contributed by atoms with Crippen LogP contribution in [-0.4, -0.2) is 30.5 Å². The fourth-order valence-corrected chi connectivity index (χ4v) is 1.80. The van der Waals surface area contributed by atoms with Gasteiger partial charge in [-0.3, -0.25) is 0 Å². The molecule has 0 aliphatic heterocycles. The zero-order valence-corrected chi connectivity index (χ0v) is 10.7. The molecule has 0 saturated heterocycles. The van der Waals surface area contributed by atoms with Crippen LogP contribution in [0.2, 0.25) is 0 Å². The Balaban J connectivity index is 2.12. The van der Waals surface area contributed by atoms with Crippen molar-refractivity contribution in [3.05, 3.63) is 54.1 Å². The van der Waals surface area contributed by atoms with E-state index >= 15 is 0 Å². The summed E-state index contributed by atoms with van der Waals surface area (Å²) >= 11 is 0. The summed E-state index contributed by atoms with van der Waals surface area (Å²) in [6.45, 7) is 1.03. The molecule has 0 bridgehead atoms. The van der Waals surface area contributed by atoms with E-state index < -0.39 is 5.95 Å². The lowest BCUT2D eigenvalue weighted by molar-refractivity contribution is 0.413. The van der Waals surface area contributed by atoms with Gasteiger partial charge in [0.15, 0.2) is 0 Å². The SMILES string of the molecule is CN(C)CCc1ccc(-c2ccnc(F)c2)cc1. The van der Waals surface area contributed by atoms with E-state index in [1.165, 1.54) is 17.8 Å². The van der Waals surface area contributed by atoms with Gasteiger partial charge in [-0.1, -0.05) is 24.3 Å². The maximum Gasteiger partial charge on any atom is 0.213 e. The average Bonchev–Trinajstić information content (AvgIpc) is 2.37. The fraction of sp³-hybridized carbons (Fsp3) is 0.267. The molecule has 1 aromatic heterocycles. The van der Waals surface area contributed by atoms with Gasteiger partial charge in [-0.15, -0.1) is 0 Å². The minimum atomic E-state index is -0.441. The lowest BCUT2D eigenvalue weighted by Gasteiger charge is -2.09. The van der Waals surface area contributed by atoms with E-state index in [1.807, 2.05) is 18.2 Å². The summed E-state index contributed by atoms with van der Waals surface area (Å²) in [6, 6.07) is 11.5. The maximum absolute atomic E-state index is 13.0. The first kappa shape index (κ1) is 12.7. The Hall–Kier alpha value is -1.74. The minimum Gasteiger partial charge on any atom is -0.309 e. The van der Waals surface area contributed by atoms with Crippen molar-refractivity contribution in [1.82, 2.24) is 9.88 Å². The van der Waals surface area contributed by atoms with E-state index in [9.17, 15) is 4.39 Å². The smallest absolute Gasteiger partial charge is 0.213 e. The number of benzene rings is 1. The van der Waals surface area contributed by atoms with E-state index in [2.05, 4.69) is 36.1 Å². The lowest BCUT2D eigenvalue weighted by atomic mass is 10.0. The van der Waals surface area contributed by atoms with Crippen LogP contribution >= 0.6 is 0 Å². The molecule has 18 heavy (non-hydrogen) atoms. The van der Waals surface area contributed by atoms with Gasteiger partial charge in [0.05, 0.1) is 0 Å². The second kappa shape index (κ2) is 5.74. The van der Waals surface area contributed by atoms with Crippen molar-refractivity contribution in [2.75, 3.05) is 20.6 Å². The van der Waals surface area contributed by atoms with E-state index in [1.54, 1.807) is 0 Å². The van der Waals surface area contributed by atoms with Crippen molar-refractivity contribution in [3.8, 4) is 11.1 Å². The van der Waals surface area contributed by atoms with Gasteiger partial charge in [-0.2, -0.15) is 4.39 Å². The molecule has 94 valence electrons. The first-order valence-electron chi connectivity index (χ1n) is 6.01. The van der Waals surface area contributed by atoms with Crippen LogP contribution in [0.4, 0.5) is 4.39 Å². The summed E-state index contributed by atoms with van der Waals surface area (Å²) in [5.41, 5.74) is 3.17. The number of likely N-dealkylation sites (N-methyl/N-ethyl adjacent to an activating group) is 1. The highest BCUT2D eigenvalue weighted by atomic mass is 19.1. The van der Waals surface area contributed by atoms with Gasteiger partial charge in [0.1, 0.15) is 0 Å². The summed E-state index contributed by atoms with van der Waals surface area (Å²) in [7, 11) is 4.13. The average molecular weight is 244 g/mol. The molecule has 1 heterocycles. The molecular weight excluding hydrogens is 227 g/mol. The van der Waals surface area contributed by atoms with Gasteiger partial charge in [0.25, 0.3) is 0 Å². The normalized spacial score (nSPS) is 10.9. The molecule has 0 radical (unpaired) electrons. The number of halogens is 1. The maximum atomic E-state index is 13.0. The Bertz CT molecular complexity index is 506. The van der Waals surface area contributed by atoms with Crippen LogP contribution < -0.4 is 0 Å². The van der Waals surface area contributed by atoms with Crippen LogP contribution in [0.3, 0.4) is 0 Å². The second-order valence-electron chi connectivity index (χ2n) is 4.62. The molecule has 2 nitrogen and oxygen atoms in total. The number of aromatic nitrogens is 1. The van der Waals surface area contributed by atoms with E-state index in [0.29, 0.717) is 0 Å². The van der Waals surface area contributed by atoms with Crippen molar-refractivity contribution in [1.29, 1.82) is 0 Å². The number of hydrogen-bond acceptors (Lipinski definition) is 2. The van der Waals surface area contributed by atoms with Gasteiger partial charge < -0.3 is 4.90 Å². The van der Waals surface area contributed by atoms with Crippen LogP contribution in [-0.2, 0) is 6.42 Å². The van der Waals surface area contributed by atoms with Gasteiger partial charge in [-0.05, 0) is 43.3 Å². The molecule has 0 spiro atoms. The summed E-state index contributed by atoms with van der Waals surface area (Å²) < 4.78 is 13.0. The molecule has 0 fully saturated rings. The Labute approximate surface area is 107 Å². The molecule has 2 rings (SSSR count). The topological polar surface area (TPSA) is 16.1 Å². The Kier molecular flexibility index (Phi) is 4.05. The van der Waals surface area contributed by atoms with Crippen LogP contribution in [0.5, 0.6) is 0 Å². The largest absolute Gasteiger partial charge is 0.309 e. The van der Waals surface area contributed by atoms with Gasteiger partial charge in [0, 0.05) is 18.8 Å². The zero-order chi connectivity index (χ0) is 13.0. The van der Waals surface area contributed by atoms with Crippen LogP contribution in [0, 0.1) is 5.95 Å². The van der Waals surface area contributed by atoms with E-state index in [4.69, 9.17) is 0 Å². The van der Waals surface area contributed by atoms with Crippen LogP contribution in [0.1, 0.15) is 5.56 Å². The molecule has 0 atom stereocenters. The molecule has 0 saturated carbocycles. The first-order chi connectivity index (χ1) is 8.65. The van der Waals surface area contributed by atoms with Crippen molar-refractivity contribution < 1.29 is 4.39 Å². The Morgan fingerprint density at radius 3 is 2.39 bits per heavy atom. The molecule has 0 N–H and O–H groups in total. The molecule has 0 aliphatic carbocycles. The molecule has 3 heteroatoms. The highest BCUT2D eigenvalue weighted by molar-refractivity contribution is 5.63. The summed E-state index contributed by atoms with van der Waals surface area (Å²) in [5.74, 6) is -0.441.